The molecule has 1 amide bonds. The summed E-state index contributed by atoms with van der Waals surface area (Å²) in [5, 5.41) is 0. The number of aromatic nitrogens is 1. The highest BCUT2D eigenvalue weighted by Crippen LogP contribution is 2.26. The van der Waals surface area contributed by atoms with E-state index in [4.69, 9.17) is 5.73 Å². The fourth-order valence-corrected chi connectivity index (χ4v) is 3.41. The topological polar surface area (TPSA) is 59.2 Å². The van der Waals surface area contributed by atoms with Crippen LogP contribution in [0, 0.1) is 0 Å². The Bertz CT molecular complexity index is 675. The first kappa shape index (κ1) is 19.1. The van der Waals surface area contributed by atoms with Gasteiger partial charge in [-0.05, 0) is 57.4 Å². The summed E-state index contributed by atoms with van der Waals surface area (Å²) in [7, 11) is 0. The molecule has 2 N–H and O–H groups in total. The van der Waals surface area contributed by atoms with Crippen LogP contribution < -0.4 is 5.73 Å². The molecule has 0 aliphatic carbocycles. The number of benzene rings is 1. The molecule has 2 aromatic rings. The van der Waals surface area contributed by atoms with E-state index >= 15 is 0 Å². The third kappa shape index (κ3) is 4.89. The monoisotopic (exact) mass is 339 g/mol. The minimum atomic E-state index is -0.510. The van der Waals surface area contributed by atoms with E-state index in [-0.39, 0.29) is 5.91 Å². The lowest BCUT2D eigenvalue weighted by atomic mass is 9.89. The molecule has 1 heterocycles. The average Bonchev–Trinajstić information content (AvgIpc) is 2.56. The number of rotatable bonds is 8. The SMILES string of the molecule is CC(C)N(CCc1ccccc1C(C(N)=O)c1ccccn1)C(C)C. The summed E-state index contributed by atoms with van der Waals surface area (Å²) in [5.41, 5.74) is 8.55. The van der Waals surface area contributed by atoms with E-state index in [0.29, 0.717) is 17.8 Å². The second-order valence-electron chi connectivity index (χ2n) is 6.96. The average molecular weight is 339 g/mol. The Balaban J connectivity index is 2.31. The highest BCUT2D eigenvalue weighted by Gasteiger charge is 2.24. The summed E-state index contributed by atoms with van der Waals surface area (Å²) in [6, 6.07) is 14.6. The van der Waals surface area contributed by atoms with Gasteiger partial charge in [-0.15, -0.1) is 0 Å². The van der Waals surface area contributed by atoms with Crippen LogP contribution in [0.3, 0.4) is 0 Å². The second-order valence-corrected chi connectivity index (χ2v) is 6.96. The molecule has 0 spiro atoms. The van der Waals surface area contributed by atoms with Gasteiger partial charge in [0.2, 0.25) is 5.91 Å². The van der Waals surface area contributed by atoms with Crippen molar-refractivity contribution in [2.45, 2.75) is 52.1 Å². The van der Waals surface area contributed by atoms with Crippen molar-refractivity contribution >= 4 is 5.91 Å². The molecule has 4 heteroatoms. The van der Waals surface area contributed by atoms with E-state index in [1.54, 1.807) is 6.20 Å². The van der Waals surface area contributed by atoms with Crippen LogP contribution in [-0.2, 0) is 11.2 Å². The van der Waals surface area contributed by atoms with Crippen molar-refractivity contribution in [1.29, 1.82) is 0 Å². The summed E-state index contributed by atoms with van der Waals surface area (Å²) >= 11 is 0. The zero-order valence-corrected chi connectivity index (χ0v) is 15.6. The van der Waals surface area contributed by atoms with Crippen LogP contribution in [0.2, 0.25) is 0 Å². The molecule has 1 unspecified atom stereocenters. The van der Waals surface area contributed by atoms with Gasteiger partial charge < -0.3 is 5.73 Å². The van der Waals surface area contributed by atoms with Crippen molar-refractivity contribution in [3.63, 3.8) is 0 Å². The summed E-state index contributed by atoms with van der Waals surface area (Å²) in [4.78, 5) is 19.0. The Hall–Kier alpha value is -2.20. The summed E-state index contributed by atoms with van der Waals surface area (Å²) in [6.45, 7) is 9.80. The van der Waals surface area contributed by atoms with E-state index in [2.05, 4.69) is 43.6 Å². The number of hydrogen-bond acceptors (Lipinski definition) is 3. The standard InChI is InChI=1S/C21H29N3O/c1-15(2)24(16(3)4)14-12-17-9-5-6-10-18(17)20(21(22)25)19-11-7-8-13-23-19/h5-11,13,15-16,20H,12,14H2,1-4H3,(H2,22,25). The van der Waals surface area contributed by atoms with Gasteiger partial charge in [0.25, 0.3) is 0 Å². The number of carbonyl (C=O) groups is 1. The van der Waals surface area contributed by atoms with Gasteiger partial charge in [0.15, 0.2) is 0 Å². The Labute approximate surface area is 151 Å². The first-order valence-electron chi connectivity index (χ1n) is 8.95. The van der Waals surface area contributed by atoms with Crippen molar-refractivity contribution in [3.8, 4) is 0 Å². The maximum absolute atomic E-state index is 12.2. The van der Waals surface area contributed by atoms with Gasteiger partial charge in [0, 0.05) is 24.8 Å². The molecular weight excluding hydrogens is 310 g/mol. The van der Waals surface area contributed by atoms with Crippen molar-refractivity contribution in [1.82, 2.24) is 9.88 Å². The van der Waals surface area contributed by atoms with Crippen LogP contribution in [0.5, 0.6) is 0 Å². The Morgan fingerprint density at radius 1 is 1.04 bits per heavy atom. The van der Waals surface area contributed by atoms with Crippen LogP contribution in [0.25, 0.3) is 0 Å². The number of primary amides is 1. The zero-order chi connectivity index (χ0) is 18.4. The lowest BCUT2D eigenvalue weighted by Crippen LogP contribution is -2.38. The molecular formula is C21H29N3O. The minimum absolute atomic E-state index is 0.365. The molecule has 0 fully saturated rings. The van der Waals surface area contributed by atoms with Crippen LogP contribution in [-0.4, -0.2) is 34.4 Å². The van der Waals surface area contributed by atoms with E-state index in [0.717, 1.165) is 24.1 Å². The first-order chi connectivity index (χ1) is 11.9. The molecule has 25 heavy (non-hydrogen) atoms. The number of nitrogens with zero attached hydrogens (tertiary/aromatic N) is 2. The van der Waals surface area contributed by atoms with Gasteiger partial charge in [-0.1, -0.05) is 30.3 Å². The largest absolute Gasteiger partial charge is 0.369 e. The van der Waals surface area contributed by atoms with E-state index in [1.165, 1.54) is 0 Å². The highest BCUT2D eigenvalue weighted by atomic mass is 16.1. The fraction of sp³-hybridized carbons (Fsp3) is 0.429. The number of amides is 1. The molecule has 0 radical (unpaired) electrons. The van der Waals surface area contributed by atoms with Gasteiger partial charge in [-0.3, -0.25) is 14.7 Å². The van der Waals surface area contributed by atoms with Crippen molar-refractivity contribution in [2.24, 2.45) is 5.73 Å². The maximum Gasteiger partial charge on any atom is 0.231 e. The van der Waals surface area contributed by atoms with Crippen molar-refractivity contribution in [2.75, 3.05) is 6.54 Å². The third-order valence-electron chi connectivity index (χ3n) is 4.60. The summed E-state index contributed by atoms with van der Waals surface area (Å²) < 4.78 is 0. The molecule has 4 nitrogen and oxygen atoms in total. The van der Waals surface area contributed by atoms with Gasteiger partial charge in [-0.2, -0.15) is 0 Å². The van der Waals surface area contributed by atoms with E-state index < -0.39 is 5.92 Å². The smallest absolute Gasteiger partial charge is 0.231 e. The van der Waals surface area contributed by atoms with E-state index in [9.17, 15) is 4.79 Å². The molecule has 1 aromatic carbocycles. The predicted octanol–water partition coefficient (Wildman–Crippen LogP) is 3.36. The maximum atomic E-state index is 12.2. The molecule has 0 aliphatic rings. The predicted molar refractivity (Wildman–Crippen MR) is 102 cm³/mol. The van der Waals surface area contributed by atoms with Crippen LogP contribution in [0.15, 0.2) is 48.7 Å². The molecule has 0 aliphatic heterocycles. The van der Waals surface area contributed by atoms with Crippen LogP contribution >= 0.6 is 0 Å². The summed E-state index contributed by atoms with van der Waals surface area (Å²) in [6.07, 6.45) is 2.58. The third-order valence-corrected chi connectivity index (χ3v) is 4.60. The highest BCUT2D eigenvalue weighted by molar-refractivity contribution is 5.85. The molecule has 0 bridgehead atoms. The molecule has 2 rings (SSSR count). The van der Waals surface area contributed by atoms with Gasteiger partial charge in [0.1, 0.15) is 5.92 Å². The Morgan fingerprint density at radius 3 is 2.24 bits per heavy atom. The summed E-state index contributed by atoms with van der Waals surface area (Å²) in [5.74, 6) is -0.875. The first-order valence-corrected chi connectivity index (χ1v) is 8.95. The van der Waals surface area contributed by atoms with E-state index in [1.807, 2.05) is 36.4 Å². The molecule has 1 atom stereocenters. The number of carbonyl (C=O) groups excluding carboxylic acids is 1. The Morgan fingerprint density at radius 2 is 1.68 bits per heavy atom. The minimum Gasteiger partial charge on any atom is -0.369 e. The van der Waals surface area contributed by atoms with Crippen molar-refractivity contribution in [3.05, 3.63) is 65.5 Å². The normalized spacial score (nSPS) is 12.8. The quantitative estimate of drug-likeness (QED) is 0.802. The van der Waals surface area contributed by atoms with Crippen molar-refractivity contribution < 1.29 is 4.79 Å². The van der Waals surface area contributed by atoms with Gasteiger partial charge >= 0.3 is 0 Å². The molecule has 134 valence electrons. The second kappa shape index (κ2) is 8.77. The zero-order valence-electron chi connectivity index (χ0n) is 15.6. The number of hydrogen-bond donors (Lipinski definition) is 1. The number of nitrogens with two attached hydrogens (primary N) is 1. The Kier molecular flexibility index (Phi) is 6.71. The molecule has 0 saturated carbocycles. The van der Waals surface area contributed by atoms with Gasteiger partial charge in [-0.25, -0.2) is 0 Å². The van der Waals surface area contributed by atoms with Crippen LogP contribution in [0.4, 0.5) is 0 Å². The van der Waals surface area contributed by atoms with Crippen LogP contribution in [0.1, 0.15) is 50.4 Å². The fourth-order valence-electron chi connectivity index (χ4n) is 3.41. The van der Waals surface area contributed by atoms with Gasteiger partial charge in [0.05, 0.1) is 5.69 Å². The lowest BCUT2D eigenvalue weighted by Gasteiger charge is -2.31. The molecule has 0 saturated heterocycles. The number of pyridine rings is 1. The molecule has 1 aromatic heterocycles. The lowest BCUT2D eigenvalue weighted by molar-refractivity contribution is -0.118.